The van der Waals surface area contributed by atoms with E-state index in [0.717, 1.165) is 15.9 Å². The number of hydrogen-bond donors (Lipinski definition) is 1. The molecule has 0 aliphatic heterocycles. The fourth-order valence-corrected chi connectivity index (χ4v) is 3.44. The van der Waals surface area contributed by atoms with Crippen molar-refractivity contribution in [1.82, 2.24) is 5.32 Å². The predicted molar refractivity (Wildman–Crippen MR) is 77.1 cm³/mol. The van der Waals surface area contributed by atoms with Gasteiger partial charge in [-0.2, -0.15) is 0 Å². The number of esters is 1. The molecule has 0 saturated heterocycles. The lowest BCUT2D eigenvalue weighted by atomic mass is 10.2. The highest BCUT2D eigenvalue weighted by Gasteiger charge is 2.28. The number of nitrogens with one attached hydrogen (secondary N) is 1. The zero-order valence-electron chi connectivity index (χ0n) is 10.0. The Hall–Kier alpha value is -0.100. The zero-order chi connectivity index (χ0) is 13.1. The molecule has 1 unspecified atom stereocenters. The van der Waals surface area contributed by atoms with Gasteiger partial charge < -0.3 is 4.74 Å². The van der Waals surface area contributed by atoms with Crippen LogP contribution in [-0.2, 0) is 9.53 Å². The standard InChI is InChI=1S/C12H15BrClNO2S/c1-2-17-12(16)10(15-6-7-3-4-7)9-5-8(13)11(14)18-9/h5,7,10,15H,2-4,6H2,1H3. The van der Waals surface area contributed by atoms with Gasteiger partial charge in [0, 0.05) is 9.35 Å². The number of hydrogen-bond acceptors (Lipinski definition) is 4. The Labute approximate surface area is 124 Å². The molecule has 0 amide bonds. The lowest BCUT2D eigenvalue weighted by molar-refractivity contribution is -0.145. The van der Waals surface area contributed by atoms with Crippen LogP contribution in [0.1, 0.15) is 30.7 Å². The quantitative estimate of drug-likeness (QED) is 0.792. The van der Waals surface area contributed by atoms with Gasteiger partial charge in [0.05, 0.1) is 6.61 Å². The second kappa shape index (κ2) is 6.37. The molecule has 1 aromatic rings. The highest BCUT2D eigenvalue weighted by atomic mass is 79.9. The van der Waals surface area contributed by atoms with Crippen LogP contribution in [0.25, 0.3) is 0 Å². The van der Waals surface area contributed by atoms with Crippen molar-refractivity contribution in [3.05, 3.63) is 19.8 Å². The van der Waals surface area contributed by atoms with Crippen LogP contribution in [-0.4, -0.2) is 19.1 Å². The second-order valence-corrected chi connectivity index (χ2v) is 6.85. The minimum absolute atomic E-state index is 0.233. The summed E-state index contributed by atoms with van der Waals surface area (Å²) in [6.07, 6.45) is 2.49. The lowest BCUT2D eigenvalue weighted by Gasteiger charge is -2.15. The molecule has 2 rings (SSSR count). The Kier molecular flexibility index (Phi) is 5.06. The van der Waals surface area contributed by atoms with Crippen molar-refractivity contribution in [3.63, 3.8) is 0 Å². The van der Waals surface area contributed by atoms with E-state index < -0.39 is 6.04 Å². The van der Waals surface area contributed by atoms with E-state index in [0.29, 0.717) is 16.9 Å². The molecule has 0 aromatic carbocycles. The Balaban J connectivity index is 2.08. The van der Waals surface area contributed by atoms with Crippen LogP contribution in [0.2, 0.25) is 4.34 Å². The third-order valence-corrected chi connectivity index (χ3v) is 5.32. The summed E-state index contributed by atoms with van der Waals surface area (Å²) in [5.41, 5.74) is 0. The number of ether oxygens (including phenoxy) is 1. The molecule has 18 heavy (non-hydrogen) atoms. The van der Waals surface area contributed by atoms with E-state index in [2.05, 4.69) is 21.2 Å². The topological polar surface area (TPSA) is 38.3 Å². The van der Waals surface area contributed by atoms with E-state index in [4.69, 9.17) is 16.3 Å². The molecule has 1 heterocycles. The molecule has 1 atom stereocenters. The molecule has 1 saturated carbocycles. The Morgan fingerprint density at radius 2 is 2.44 bits per heavy atom. The minimum Gasteiger partial charge on any atom is -0.465 e. The van der Waals surface area contributed by atoms with Gasteiger partial charge in [0.15, 0.2) is 0 Å². The van der Waals surface area contributed by atoms with E-state index in [9.17, 15) is 4.79 Å². The van der Waals surface area contributed by atoms with Crippen LogP contribution in [0, 0.1) is 5.92 Å². The molecule has 0 radical (unpaired) electrons. The Bertz CT molecular complexity index is 414. The summed E-state index contributed by atoms with van der Waals surface area (Å²) in [7, 11) is 0. The third-order valence-electron chi connectivity index (χ3n) is 2.78. The number of carbonyl (C=O) groups excluding carboxylic acids is 1. The molecule has 1 aromatic heterocycles. The highest BCUT2D eigenvalue weighted by molar-refractivity contribution is 9.10. The van der Waals surface area contributed by atoms with E-state index in [1.54, 1.807) is 0 Å². The highest BCUT2D eigenvalue weighted by Crippen LogP contribution is 2.36. The van der Waals surface area contributed by atoms with Crippen LogP contribution in [0.3, 0.4) is 0 Å². The summed E-state index contributed by atoms with van der Waals surface area (Å²) < 4.78 is 6.59. The molecular formula is C12H15BrClNO2S. The monoisotopic (exact) mass is 351 g/mol. The number of thiophene rings is 1. The van der Waals surface area contributed by atoms with E-state index in [-0.39, 0.29) is 5.97 Å². The summed E-state index contributed by atoms with van der Waals surface area (Å²) >= 11 is 10.8. The van der Waals surface area contributed by atoms with Crippen molar-refractivity contribution in [2.75, 3.05) is 13.2 Å². The molecule has 1 aliphatic carbocycles. The van der Waals surface area contributed by atoms with Crippen LogP contribution in [0.15, 0.2) is 10.5 Å². The molecule has 3 nitrogen and oxygen atoms in total. The van der Waals surface area contributed by atoms with Gasteiger partial charge in [-0.05, 0) is 54.2 Å². The van der Waals surface area contributed by atoms with Crippen LogP contribution < -0.4 is 5.32 Å². The SMILES string of the molecule is CCOC(=O)C(NCC1CC1)c1cc(Br)c(Cl)s1. The van der Waals surface area contributed by atoms with Gasteiger partial charge in [0.25, 0.3) is 0 Å². The maximum atomic E-state index is 12.0. The number of halogens is 2. The van der Waals surface area contributed by atoms with Crippen molar-refractivity contribution in [2.24, 2.45) is 5.92 Å². The van der Waals surface area contributed by atoms with Gasteiger partial charge in [-0.1, -0.05) is 11.6 Å². The third kappa shape index (κ3) is 3.70. The van der Waals surface area contributed by atoms with Gasteiger partial charge >= 0.3 is 5.97 Å². The lowest BCUT2D eigenvalue weighted by Crippen LogP contribution is -2.31. The molecule has 6 heteroatoms. The molecular weight excluding hydrogens is 338 g/mol. The fourth-order valence-electron chi connectivity index (χ4n) is 1.64. The van der Waals surface area contributed by atoms with Crippen LogP contribution in [0.4, 0.5) is 0 Å². The van der Waals surface area contributed by atoms with Crippen molar-refractivity contribution in [3.8, 4) is 0 Å². The first-order valence-electron chi connectivity index (χ1n) is 5.96. The average Bonchev–Trinajstić information content (AvgIpc) is 3.07. The number of carbonyl (C=O) groups is 1. The van der Waals surface area contributed by atoms with Gasteiger partial charge in [0.2, 0.25) is 0 Å². The molecule has 0 spiro atoms. The smallest absolute Gasteiger partial charge is 0.328 e. The van der Waals surface area contributed by atoms with Crippen molar-refractivity contribution < 1.29 is 9.53 Å². The minimum atomic E-state index is -0.403. The van der Waals surface area contributed by atoms with Gasteiger partial charge in [-0.3, -0.25) is 5.32 Å². The van der Waals surface area contributed by atoms with Gasteiger partial charge in [0.1, 0.15) is 10.4 Å². The molecule has 0 bridgehead atoms. The maximum absolute atomic E-state index is 12.0. The first-order chi connectivity index (χ1) is 8.61. The molecule has 1 N–H and O–H groups in total. The number of rotatable bonds is 6. The maximum Gasteiger partial charge on any atom is 0.328 e. The van der Waals surface area contributed by atoms with E-state index >= 15 is 0 Å². The van der Waals surface area contributed by atoms with Crippen molar-refractivity contribution in [1.29, 1.82) is 0 Å². The van der Waals surface area contributed by atoms with Gasteiger partial charge in [-0.25, -0.2) is 4.79 Å². The summed E-state index contributed by atoms with van der Waals surface area (Å²) in [4.78, 5) is 12.9. The van der Waals surface area contributed by atoms with Crippen LogP contribution >= 0.6 is 38.9 Å². The summed E-state index contributed by atoms with van der Waals surface area (Å²) in [5, 5.41) is 3.28. The van der Waals surface area contributed by atoms with Gasteiger partial charge in [-0.15, -0.1) is 11.3 Å². The summed E-state index contributed by atoms with van der Waals surface area (Å²) in [6.45, 7) is 3.06. The normalized spacial score (nSPS) is 16.6. The van der Waals surface area contributed by atoms with Crippen molar-refractivity contribution >= 4 is 44.8 Å². The molecule has 1 aliphatic rings. The first kappa shape index (κ1) is 14.3. The Morgan fingerprint density at radius 3 is 2.94 bits per heavy atom. The molecule has 1 fully saturated rings. The largest absolute Gasteiger partial charge is 0.465 e. The molecule has 100 valence electrons. The average molecular weight is 353 g/mol. The van der Waals surface area contributed by atoms with E-state index in [1.165, 1.54) is 24.2 Å². The summed E-state index contributed by atoms with van der Waals surface area (Å²) in [5.74, 6) is 0.476. The van der Waals surface area contributed by atoms with Crippen LogP contribution in [0.5, 0.6) is 0 Å². The van der Waals surface area contributed by atoms with Crippen molar-refractivity contribution in [2.45, 2.75) is 25.8 Å². The summed E-state index contributed by atoms with van der Waals surface area (Å²) in [6, 6.07) is 1.48. The zero-order valence-corrected chi connectivity index (χ0v) is 13.2. The predicted octanol–water partition coefficient (Wildman–Crippen LogP) is 3.77. The Morgan fingerprint density at radius 1 is 1.72 bits per heavy atom. The van der Waals surface area contributed by atoms with E-state index in [1.807, 2.05) is 13.0 Å². The second-order valence-electron chi connectivity index (χ2n) is 4.31. The fraction of sp³-hybridized carbons (Fsp3) is 0.583. The first-order valence-corrected chi connectivity index (χ1v) is 7.95.